The summed E-state index contributed by atoms with van der Waals surface area (Å²) < 4.78 is 12.1. The van der Waals surface area contributed by atoms with Crippen molar-refractivity contribution in [2.45, 2.75) is 6.54 Å². The molecule has 0 aliphatic carbocycles. The van der Waals surface area contributed by atoms with E-state index >= 15 is 0 Å². The highest BCUT2D eigenvalue weighted by Crippen LogP contribution is 2.32. The topological polar surface area (TPSA) is 73.2 Å². The molecule has 0 saturated heterocycles. The highest BCUT2D eigenvalue weighted by molar-refractivity contribution is 7.80. The Morgan fingerprint density at radius 1 is 1.26 bits per heavy atom. The Hall–Kier alpha value is -2.35. The molecule has 0 spiro atoms. The van der Waals surface area contributed by atoms with Gasteiger partial charge in [0, 0.05) is 6.54 Å². The van der Waals surface area contributed by atoms with Crippen LogP contribution >= 0.6 is 12.2 Å². The fourth-order valence-corrected chi connectivity index (χ4v) is 1.83. The largest absolute Gasteiger partial charge is 0.454 e. The van der Waals surface area contributed by atoms with E-state index < -0.39 is 0 Å². The zero-order chi connectivity index (χ0) is 13.1. The number of aromatic nitrogens is 3. The molecule has 0 saturated carbocycles. The quantitative estimate of drug-likeness (QED) is 0.797. The highest BCUT2D eigenvalue weighted by atomic mass is 32.1. The third-order valence-corrected chi connectivity index (χ3v) is 2.78. The average Bonchev–Trinajstić information content (AvgIpc) is 3.06. The zero-order valence-corrected chi connectivity index (χ0v) is 10.7. The lowest BCUT2D eigenvalue weighted by molar-refractivity contribution is 0.174. The van der Waals surface area contributed by atoms with Gasteiger partial charge in [-0.3, -0.25) is 5.43 Å². The summed E-state index contributed by atoms with van der Waals surface area (Å²) in [4.78, 5) is 0. The van der Waals surface area contributed by atoms with Crippen LogP contribution in [0.5, 0.6) is 11.5 Å². The van der Waals surface area contributed by atoms with Gasteiger partial charge in [0.2, 0.25) is 6.79 Å². The number of hydrogen-bond acceptors (Lipinski definition) is 5. The van der Waals surface area contributed by atoms with Crippen LogP contribution in [0.25, 0.3) is 0 Å². The van der Waals surface area contributed by atoms with Crippen molar-refractivity contribution in [2.75, 3.05) is 12.2 Å². The zero-order valence-electron chi connectivity index (χ0n) is 9.87. The molecule has 2 N–H and O–H groups in total. The summed E-state index contributed by atoms with van der Waals surface area (Å²) in [6, 6.07) is 5.77. The molecule has 0 fully saturated rings. The van der Waals surface area contributed by atoms with Gasteiger partial charge in [-0.15, -0.1) is 10.2 Å². The van der Waals surface area contributed by atoms with Crippen molar-refractivity contribution in [2.24, 2.45) is 0 Å². The monoisotopic (exact) mass is 277 g/mol. The van der Waals surface area contributed by atoms with Gasteiger partial charge >= 0.3 is 0 Å². The lowest BCUT2D eigenvalue weighted by atomic mass is 10.2. The maximum absolute atomic E-state index is 5.31. The smallest absolute Gasteiger partial charge is 0.231 e. The number of nitrogens with one attached hydrogen (secondary N) is 2. The minimum absolute atomic E-state index is 0.278. The highest BCUT2D eigenvalue weighted by Gasteiger charge is 2.12. The van der Waals surface area contributed by atoms with Crippen LogP contribution in [-0.4, -0.2) is 26.8 Å². The van der Waals surface area contributed by atoms with E-state index in [-0.39, 0.29) is 6.79 Å². The summed E-state index contributed by atoms with van der Waals surface area (Å²) in [7, 11) is 0. The Labute approximate surface area is 114 Å². The van der Waals surface area contributed by atoms with E-state index in [0.29, 0.717) is 11.7 Å². The molecule has 7 nitrogen and oxygen atoms in total. The van der Waals surface area contributed by atoms with Crippen molar-refractivity contribution < 1.29 is 9.47 Å². The second kappa shape index (κ2) is 5.11. The Kier molecular flexibility index (Phi) is 3.15. The van der Waals surface area contributed by atoms with Crippen molar-refractivity contribution in [3.8, 4) is 11.5 Å². The molecular formula is C11H11N5O2S. The van der Waals surface area contributed by atoms with Crippen LogP contribution in [0, 0.1) is 0 Å². The van der Waals surface area contributed by atoms with Crippen molar-refractivity contribution in [1.29, 1.82) is 0 Å². The van der Waals surface area contributed by atoms with Gasteiger partial charge in [-0.05, 0) is 29.9 Å². The van der Waals surface area contributed by atoms with Crippen LogP contribution in [-0.2, 0) is 6.54 Å². The van der Waals surface area contributed by atoms with E-state index in [0.717, 1.165) is 17.1 Å². The lowest BCUT2D eigenvalue weighted by Crippen LogP contribution is -2.32. The average molecular weight is 277 g/mol. The normalized spacial score (nSPS) is 12.2. The first kappa shape index (κ1) is 11.7. The Bertz CT molecular complexity index is 587. The van der Waals surface area contributed by atoms with E-state index in [9.17, 15) is 0 Å². The molecule has 0 bridgehead atoms. The summed E-state index contributed by atoms with van der Waals surface area (Å²) in [5, 5.41) is 10.9. The Morgan fingerprint density at radius 3 is 2.89 bits per heavy atom. The number of thiocarbonyl (C=S) groups is 1. The van der Waals surface area contributed by atoms with Gasteiger partial charge < -0.3 is 14.8 Å². The fraction of sp³-hybridized carbons (Fsp3) is 0.182. The van der Waals surface area contributed by atoms with Crippen LogP contribution < -0.4 is 20.2 Å². The second-order valence-electron chi connectivity index (χ2n) is 3.85. The number of fused-ring (bicyclic) bond motifs is 1. The number of hydrogen-bond donors (Lipinski definition) is 2. The van der Waals surface area contributed by atoms with Gasteiger partial charge in [-0.2, -0.15) is 0 Å². The molecule has 98 valence electrons. The minimum atomic E-state index is 0.278. The van der Waals surface area contributed by atoms with E-state index in [1.165, 1.54) is 12.7 Å². The maximum Gasteiger partial charge on any atom is 0.231 e. The Morgan fingerprint density at radius 2 is 2.05 bits per heavy atom. The predicted octanol–water partition coefficient (Wildman–Crippen LogP) is 0.625. The van der Waals surface area contributed by atoms with Crippen molar-refractivity contribution >= 4 is 17.3 Å². The van der Waals surface area contributed by atoms with Gasteiger partial charge in [0.15, 0.2) is 16.6 Å². The first-order valence-electron chi connectivity index (χ1n) is 5.59. The van der Waals surface area contributed by atoms with Gasteiger partial charge in [0.05, 0.1) is 0 Å². The third-order valence-electron chi connectivity index (χ3n) is 2.54. The summed E-state index contributed by atoms with van der Waals surface area (Å²) in [5.41, 5.74) is 3.95. The molecule has 1 aliphatic rings. The van der Waals surface area contributed by atoms with E-state index in [4.69, 9.17) is 21.7 Å². The molecule has 0 amide bonds. The summed E-state index contributed by atoms with van der Waals surface area (Å²) >= 11 is 5.15. The third kappa shape index (κ3) is 2.74. The molecule has 0 radical (unpaired) electrons. The molecule has 2 heterocycles. The summed E-state index contributed by atoms with van der Waals surface area (Å²) in [5.74, 6) is 1.53. The molecule has 2 aromatic rings. The SMILES string of the molecule is S=C(NCc1ccc2c(c1)OCO2)Nn1cnnc1. The molecule has 0 atom stereocenters. The number of ether oxygens (including phenoxy) is 2. The first-order chi connectivity index (χ1) is 9.31. The van der Waals surface area contributed by atoms with Gasteiger partial charge in [0.25, 0.3) is 0 Å². The van der Waals surface area contributed by atoms with E-state index in [2.05, 4.69) is 20.9 Å². The van der Waals surface area contributed by atoms with Crippen molar-refractivity contribution in [3.63, 3.8) is 0 Å². The maximum atomic E-state index is 5.31. The van der Waals surface area contributed by atoms with Crippen LogP contribution in [0.15, 0.2) is 30.9 Å². The predicted molar refractivity (Wildman–Crippen MR) is 71.4 cm³/mol. The molecule has 1 aromatic heterocycles. The second-order valence-corrected chi connectivity index (χ2v) is 4.26. The minimum Gasteiger partial charge on any atom is -0.454 e. The van der Waals surface area contributed by atoms with Crippen LogP contribution in [0.4, 0.5) is 0 Å². The number of rotatable bonds is 3. The fourth-order valence-electron chi connectivity index (χ4n) is 1.65. The molecule has 19 heavy (non-hydrogen) atoms. The molecule has 3 rings (SSSR count). The van der Waals surface area contributed by atoms with E-state index in [1.807, 2.05) is 18.2 Å². The van der Waals surface area contributed by atoms with Crippen molar-refractivity contribution in [3.05, 3.63) is 36.4 Å². The van der Waals surface area contributed by atoms with Crippen LogP contribution in [0.2, 0.25) is 0 Å². The van der Waals surface area contributed by atoms with Gasteiger partial charge in [-0.1, -0.05) is 6.07 Å². The lowest BCUT2D eigenvalue weighted by Gasteiger charge is -2.10. The van der Waals surface area contributed by atoms with Crippen LogP contribution in [0.1, 0.15) is 5.56 Å². The van der Waals surface area contributed by atoms with Gasteiger partial charge in [-0.25, -0.2) is 4.68 Å². The summed E-state index contributed by atoms with van der Waals surface area (Å²) in [6.45, 7) is 0.865. The van der Waals surface area contributed by atoms with E-state index in [1.54, 1.807) is 4.68 Å². The molecule has 8 heteroatoms. The van der Waals surface area contributed by atoms with Crippen LogP contribution in [0.3, 0.4) is 0 Å². The first-order valence-corrected chi connectivity index (χ1v) is 6.00. The van der Waals surface area contributed by atoms with Crippen molar-refractivity contribution in [1.82, 2.24) is 20.2 Å². The Balaban J connectivity index is 1.56. The number of benzene rings is 1. The molecule has 1 aromatic carbocycles. The number of nitrogens with zero attached hydrogens (tertiary/aromatic N) is 3. The molecular weight excluding hydrogens is 266 g/mol. The molecule has 1 aliphatic heterocycles. The van der Waals surface area contributed by atoms with Gasteiger partial charge in [0.1, 0.15) is 12.7 Å². The standard InChI is InChI=1S/C11H11N5O2S/c19-11(15-16-5-13-14-6-16)12-4-8-1-2-9-10(3-8)18-7-17-9/h1-3,5-6H,4,7H2,(H2,12,15,19). The summed E-state index contributed by atoms with van der Waals surface area (Å²) in [6.07, 6.45) is 3.04. The molecule has 0 unspecified atom stereocenters.